The van der Waals surface area contributed by atoms with Crippen molar-refractivity contribution in [2.45, 2.75) is 26.7 Å². The smallest absolute Gasteiger partial charge is 0.213 e. The molecule has 0 aromatic carbocycles. The van der Waals surface area contributed by atoms with Crippen molar-refractivity contribution < 1.29 is 7.65 Å². The van der Waals surface area contributed by atoms with E-state index in [4.69, 9.17) is 0 Å². The van der Waals surface area contributed by atoms with E-state index in [-0.39, 0.29) is 8.64 Å². The summed E-state index contributed by atoms with van der Waals surface area (Å²) >= 11 is 0. The molecule has 0 amide bonds. The molecule has 0 atom stereocenters. The molecular weight excluding hydrogens is 300 g/mol. The monoisotopic (exact) mass is 328 g/mol. The van der Waals surface area contributed by atoms with Crippen molar-refractivity contribution in [1.29, 1.82) is 0 Å². The van der Waals surface area contributed by atoms with Gasteiger partial charge in [-0.3, -0.25) is 9.78 Å². The number of pyridine rings is 2. The molecule has 1 aliphatic rings. The van der Waals surface area contributed by atoms with Crippen LogP contribution in [0.25, 0.3) is 0 Å². The molecule has 24 heavy (non-hydrogen) atoms. The highest BCUT2D eigenvalue weighted by Crippen LogP contribution is 2.17. The van der Waals surface area contributed by atoms with Crippen LogP contribution in [0.15, 0.2) is 30.5 Å². The van der Waals surface area contributed by atoms with Gasteiger partial charge >= 0.3 is 0 Å². The Labute approximate surface area is 146 Å². The third-order valence-corrected chi connectivity index (χ3v) is 4.43. The lowest BCUT2D eigenvalue weighted by Gasteiger charge is -2.21. The first kappa shape index (κ1) is 16.6. The molecule has 1 aliphatic heterocycles. The number of anilines is 1. The number of carbonyl (C=O) groups excluding carboxylic acids is 1. The number of nitrogens with one attached hydrogen (secondary N) is 1. The summed E-state index contributed by atoms with van der Waals surface area (Å²) in [4.78, 5) is 24.1. The van der Waals surface area contributed by atoms with Crippen molar-refractivity contribution in [3.05, 3.63) is 53.0 Å². The second-order valence-corrected chi connectivity index (χ2v) is 6.13. The molecule has 1 fully saturated rings. The van der Waals surface area contributed by atoms with Crippen LogP contribution in [0, 0.1) is 6.92 Å². The maximum Gasteiger partial charge on any atom is 0.213 e. The molecule has 0 radical (unpaired) electrons. The Hall–Kier alpha value is -2.27. The van der Waals surface area contributed by atoms with Gasteiger partial charge in [-0.05, 0) is 50.1 Å². The quantitative estimate of drug-likeness (QED) is 0.875. The first-order valence-electron chi connectivity index (χ1n) is 8.62. The fraction of sp³-hybridized carbons (Fsp3) is 0.421. The summed E-state index contributed by atoms with van der Waals surface area (Å²) in [7, 11) is 0. The summed E-state index contributed by atoms with van der Waals surface area (Å²) in [5.74, 6) is 0.826. The van der Waals surface area contributed by atoms with E-state index in [2.05, 4.69) is 27.1 Å². The van der Waals surface area contributed by atoms with Gasteiger partial charge in [-0.2, -0.15) is 0 Å². The molecule has 5 heteroatoms. The van der Waals surface area contributed by atoms with Crippen molar-refractivity contribution in [2.24, 2.45) is 0 Å². The van der Waals surface area contributed by atoms with Crippen LogP contribution in [0.4, 0.5) is 5.82 Å². The number of aromatic nitrogens is 2. The topological polar surface area (TPSA) is 58.1 Å². The number of aryl methyl sites for hydroxylation is 2. The van der Waals surface area contributed by atoms with Crippen LogP contribution in [-0.4, -0.2) is 41.9 Å². The van der Waals surface area contributed by atoms with Gasteiger partial charge in [0.05, 0.1) is 0 Å². The second-order valence-electron chi connectivity index (χ2n) is 6.13. The summed E-state index contributed by atoms with van der Waals surface area (Å²) in [6.07, 6.45) is 3.78. The fourth-order valence-electron chi connectivity index (χ4n) is 2.94. The number of rotatable bonds is 4. The maximum atomic E-state index is 12.9. The maximum absolute atomic E-state index is 12.9. The lowest BCUT2D eigenvalue weighted by molar-refractivity contribution is 0.103. The van der Waals surface area contributed by atoms with E-state index in [0.717, 1.165) is 56.1 Å². The van der Waals surface area contributed by atoms with Gasteiger partial charge in [0.1, 0.15) is 11.5 Å². The van der Waals surface area contributed by atoms with Crippen molar-refractivity contribution >= 4 is 11.6 Å². The third-order valence-electron chi connectivity index (χ3n) is 4.43. The molecule has 1 N–H and O–H groups in total. The molecule has 130 valence electrons. The fourth-order valence-corrected chi connectivity index (χ4v) is 2.94. The molecule has 0 spiro atoms. The molecule has 0 aliphatic carbocycles. The van der Waals surface area contributed by atoms with Crippen LogP contribution in [0.1, 0.15) is 43.5 Å². The Morgan fingerprint density at radius 1 is 1.33 bits per heavy atom. The predicted molar refractivity (Wildman–Crippen MR) is 99.9 cm³/mol. The van der Waals surface area contributed by atoms with E-state index in [1.165, 1.54) is 0 Å². The molecule has 0 bridgehead atoms. The molecule has 5 nitrogen and oxygen atoms in total. The zero-order chi connectivity index (χ0) is 16.9. The lowest BCUT2D eigenvalue weighted by atomic mass is 10.0. The molecule has 3 rings (SSSR count). The molecule has 3 heterocycles. The largest absolute Gasteiger partial charge is 0.355 e. The van der Waals surface area contributed by atoms with Gasteiger partial charge in [-0.1, -0.05) is 13.0 Å². The number of hydrogen-bond acceptors (Lipinski definition) is 5. The zero-order valence-corrected chi connectivity index (χ0v) is 14.4. The number of nitrogens with zero attached hydrogens (tertiary/aromatic N) is 3. The van der Waals surface area contributed by atoms with Crippen LogP contribution < -0.4 is 10.2 Å². The summed E-state index contributed by atoms with van der Waals surface area (Å²) in [6, 6.07) is 7.63. The highest BCUT2D eigenvalue weighted by molar-refractivity contribution is 6.08. The Morgan fingerprint density at radius 2 is 2.21 bits per heavy atom. The first-order chi connectivity index (χ1) is 11.7. The van der Waals surface area contributed by atoms with Gasteiger partial charge in [0, 0.05) is 39.9 Å². The van der Waals surface area contributed by atoms with Crippen molar-refractivity contribution in [3.63, 3.8) is 0 Å². The van der Waals surface area contributed by atoms with Gasteiger partial charge in [-0.25, -0.2) is 4.98 Å². The Morgan fingerprint density at radius 3 is 3.04 bits per heavy atom. The van der Waals surface area contributed by atoms with E-state index >= 15 is 0 Å². The number of carbonyl (C=O) groups is 1. The van der Waals surface area contributed by atoms with Crippen molar-refractivity contribution in [1.82, 2.24) is 15.3 Å². The minimum Gasteiger partial charge on any atom is -0.355 e. The minimum atomic E-state index is -0.0508. The highest BCUT2D eigenvalue weighted by Gasteiger charge is 2.17. The van der Waals surface area contributed by atoms with Crippen LogP contribution in [0.5, 0.6) is 0 Å². The second kappa shape index (κ2) is 7.53. The normalized spacial score (nSPS) is 15.2. The molecule has 2 aromatic heterocycles. The van der Waals surface area contributed by atoms with E-state index in [9.17, 15) is 4.79 Å². The molecule has 0 unspecified atom stereocenters. The Kier molecular flexibility index (Phi) is 5.20. The predicted octanol–water partition coefficient (Wildman–Crippen LogP) is 2.87. The summed E-state index contributed by atoms with van der Waals surface area (Å²) in [6.45, 7) is 7.79. The van der Waals surface area contributed by atoms with Crippen LogP contribution in [-0.2, 0) is 6.42 Å². The Balaban J connectivity index is 0.00000169. The average Bonchev–Trinajstić information content (AvgIpc) is 2.91. The van der Waals surface area contributed by atoms with E-state index < -0.39 is 0 Å². The van der Waals surface area contributed by atoms with Crippen molar-refractivity contribution in [3.8, 4) is 0 Å². The first-order valence-corrected chi connectivity index (χ1v) is 8.62. The average molecular weight is 328 g/mol. The lowest BCUT2D eigenvalue weighted by Crippen LogP contribution is -2.29. The zero-order valence-electron chi connectivity index (χ0n) is 14.4. The molecular formula is C19H28N4O. The molecule has 0 saturated carbocycles. The van der Waals surface area contributed by atoms with E-state index in [1.54, 1.807) is 6.07 Å². The van der Waals surface area contributed by atoms with Gasteiger partial charge in [0.2, 0.25) is 5.78 Å². The standard InChI is InChI=1S/C19H24N4O.2H2/c1-3-15-12-16(14(2)21-13-15)19(24)17-6-4-7-18(22-17)23-10-5-8-20-9-11-23;;/h4,6-7,12-13,20H,3,5,8-11H2,1-2H3;2*1H. The van der Waals surface area contributed by atoms with E-state index in [1.807, 2.05) is 31.3 Å². The SMILES string of the molecule is CCc1cnc(C)c(C(=O)c2cccc(N3CCCNCC3)n2)c1.[HH].[HH]. The van der Waals surface area contributed by atoms with Gasteiger partial charge in [0.15, 0.2) is 0 Å². The third kappa shape index (κ3) is 3.62. The Bertz CT molecular complexity index is 731. The molecule has 2 aromatic rings. The summed E-state index contributed by atoms with van der Waals surface area (Å²) < 4.78 is 0. The van der Waals surface area contributed by atoms with Crippen molar-refractivity contribution in [2.75, 3.05) is 31.1 Å². The van der Waals surface area contributed by atoms with Crippen LogP contribution in [0.3, 0.4) is 0 Å². The van der Waals surface area contributed by atoms with E-state index in [0.29, 0.717) is 11.3 Å². The number of ketones is 1. The van der Waals surface area contributed by atoms with Gasteiger partial charge < -0.3 is 10.2 Å². The number of hydrogen-bond donors (Lipinski definition) is 1. The summed E-state index contributed by atoms with van der Waals surface area (Å²) in [5.41, 5.74) is 2.96. The van der Waals surface area contributed by atoms with Gasteiger partial charge in [-0.15, -0.1) is 0 Å². The van der Waals surface area contributed by atoms with Crippen LogP contribution >= 0.6 is 0 Å². The van der Waals surface area contributed by atoms with Crippen LogP contribution in [0.2, 0.25) is 0 Å². The minimum absolute atomic E-state index is 0. The molecule has 1 saturated heterocycles. The van der Waals surface area contributed by atoms with Gasteiger partial charge in [0.25, 0.3) is 0 Å². The highest BCUT2D eigenvalue weighted by atomic mass is 16.1. The summed E-state index contributed by atoms with van der Waals surface area (Å²) in [5, 5.41) is 3.39.